The van der Waals surface area contributed by atoms with Crippen molar-refractivity contribution in [2.45, 2.75) is 32.4 Å². The molecule has 1 fully saturated rings. The smallest absolute Gasteiger partial charge is 0.270 e. The lowest BCUT2D eigenvalue weighted by molar-refractivity contribution is -0.384. The first-order valence-corrected chi connectivity index (χ1v) is 8.84. The summed E-state index contributed by atoms with van der Waals surface area (Å²) in [5.41, 5.74) is 0.547. The molecule has 0 spiro atoms. The maximum absolute atomic E-state index is 10.9. The molecule has 3 aromatic rings. The zero-order valence-electron chi connectivity index (χ0n) is 15.2. The maximum Gasteiger partial charge on any atom is 0.270 e. The summed E-state index contributed by atoms with van der Waals surface area (Å²) < 4.78 is 11.2. The van der Waals surface area contributed by atoms with Crippen molar-refractivity contribution >= 4 is 5.69 Å². The van der Waals surface area contributed by atoms with Gasteiger partial charge in [-0.15, -0.1) is 0 Å². The Hall–Kier alpha value is -3.00. The number of nitro benzene ring substituents is 1. The van der Waals surface area contributed by atoms with Gasteiger partial charge in [-0.3, -0.25) is 15.0 Å². The number of hydrogen-bond donors (Lipinski definition) is 0. The largest absolute Gasteiger partial charge is 0.464 e. The van der Waals surface area contributed by atoms with Gasteiger partial charge < -0.3 is 8.94 Å². The van der Waals surface area contributed by atoms with Gasteiger partial charge in [0.25, 0.3) is 5.69 Å². The first-order valence-electron chi connectivity index (χ1n) is 8.84. The second-order valence-electron chi connectivity index (χ2n) is 7.12. The second-order valence-corrected chi connectivity index (χ2v) is 7.12. The van der Waals surface area contributed by atoms with Gasteiger partial charge in [0, 0.05) is 23.6 Å². The molecular formula is C19H20N4O4. The van der Waals surface area contributed by atoms with Crippen LogP contribution in [0.3, 0.4) is 0 Å². The summed E-state index contributed by atoms with van der Waals surface area (Å²) >= 11 is 0. The Balaban J connectivity index is 1.39. The van der Waals surface area contributed by atoms with Crippen LogP contribution in [-0.2, 0) is 13.1 Å². The molecule has 0 saturated heterocycles. The highest BCUT2D eigenvalue weighted by Gasteiger charge is 2.36. The molecule has 4 rings (SSSR count). The molecule has 2 heterocycles. The predicted molar refractivity (Wildman–Crippen MR) is 96.8 cm³/mol. The SMILES string of the molecule is C[C@H]1C[C@@H]1c1ccc(CN(C)Cc2nc(-c3cccc([N+](=O)[O-])c3)no2)o1. The van der Waals surface area contributed by atoms with Crippen LogP contribution >= 0.6 is 0 Å². The van der Waals surface area contributed by atoms with E-state index in [9.17, 15) is 10.1 Å². The highest BCUT2D eigenvalue weighted by Crippen LogP contribution is 2.47. The first-order chi connectivity index (χ1) is 13.0. The van der Waals surface area contributed by atoms with Crippen molar-refractivity contribution in [3.05, 3.63) is 63.9 Å². The first kappa shape index (κ1) is 17.4. The van der Waals surface area contributed by atoms with E-state index in [1.807, 2.05) is 18.0 Å². The summed E-state index contributed by atoms with van der Waals surface area (Å²) in [5.74, 6) is 4.04. The molecule has 1 saturated carbocycles. The van der Waals surface area contributed by atoms with Gasteiger partial charge in [0.1, 0.15) is 11.5 Å². The summed E-state index contributed by atoms with van der Waals surface area (Å²) in [6.45, 7) is 3.32. The lowest BCUT2D eigenvalue weighted by Gasteiger charge is -2.11. The molecule has 0 unspecified atom stereocenters. The van der Waals surface area contributed by atoms with Gasteiger partial charge in [0.2, 0.25) is 11.7 Å². The maximum atomic E-state index is 10.9. The van der Waals surface area contributed by atoms with Gasteiger partial charge in [-0.05, 0) is 31.5 Å². The van der Waals surface area contributed by atoms with Gasteiger partial charge in [0.15, 0.2) is 0 Å². The normalized spacial score (nSPS) is 18.8. The number of non-ortho nitro benzene ring substituents is 1. The van der Waals surface area contributed by atoms with E-state index in [4.69, 9.17) is 8.94 Å². The van der Waals surface area contributed by atoms with Gasteiger partial charge >= 0.3 is 0 Å². The summed E-state index contributed by atoms with van der Waals surface area (Å²) in [5, 5.41) is 14.8. The average Bonchev–Trinajstić information content (AvgIpc) is 3.02. The van der Waals surface area contributed by atoms with E-state index in [2.05, 4.69) is 23.1 Å². The number of furan rings is 1. The van der Waals surface area contributed by atoms with Crippen molar-refractivity contribution in [3.63, 3.8) is 0 Å². The van der Waals surface area contributed by atoms with E-state index in [1.165, 1.54) is 18.6 Å². The molecule has 1 aliphatic rings. The number of hydrogen-bond acceptors (Lipinski definition) is 7. The standard InChI is InChI=1S/C19H20N4O4/c1-12-8-16(12)17-7-6-15(26-17)10-22(2)11-18-20-19(21-27-18)13-4-3-5-14(9-13)23(24)25/h3-7,9,12,16H,8,10-11H2,1-2H3/t12-,16-/m0/s1. The van der Waals surface area contributed by atoms with E-state index in [1.54, 1.807) is 12.1 Å². The topological polar surface area (TPSA) is 98.4 Å². The molecule has 1 aromatic carbocycles. The molecule has 0 amide bonds. The summed E-state index contributed by atoms with van der Waals surface area (Å²) in [6.07, 6.45) is 1.20. The van der Waals surface area contributed by atoms with Crippen molar-refractivity contribution in [2.24, 2.45) is 5.92 Å². The third kappa shape index (κ3) is 3.90. The van der Waals surface area contributed by atoms with Crippen molar-refractivity contribution in [1.29, 1.82) is 0 Å². The van der Waals surface area contributed by atoms with Gasteiger partial charge in [0.05, 0.1) is 18.0 Å². The highest BCUT2D eigenvalue weighted by atomic mass is 16.6. The van der Waals surface area contributed by atoms with Crippen LogP contribution in [0.5, 0.6) is 0 Å². The van der Waals surface area contributed by atoms with E-state index >= 15 is 0 Å². The van der Waals surface area contributed by atoms with Crippen LogP contribution in [-0.4, -0.2) is 27.0 Å². The number of nitrogens with zero attached hydrogens (tertiary/aromatic N) is 4. The molecule has 8 heteroatoms. The second kappa shape index (κ2) is 6.96. The Morgan fingerprint density at radius 1 is 1.30 bits per heavy atom. The van der Waals surface area contributed by atoms with Crippen LogP contribution in [0.15, 0.2) is 45.3 Å². The summed E-state index contributed by atoms with van der Waals surface area (Å²) in [6, 6.07) is 10.3. The minimum absolute atomic E-state index is 0.00503. The molecule has 2 atom stereocenters. The Morgan fingerprint density at radius 2 is 2.11 bits per heavy atom. The van der Waals surface area contributed by atoms with Crippen molar-refractivity contribution in [3.8, 4) is 11.4 Å². The fraction of sp³-hybridized carbons (Fsp3) is 0.368. The molecule has 0 bridgehead atoms. The lowest BCUT2D eigenvalue weighted by Crippen LogP contribution is -2.17. The Kier molecular flexibility index (Phi) is 4.49. The number of rotatable bonds is 7. The van der Waals surface area contributed by atoms with E-state index in [-0.39, 0.29) is 5.69 Å². The van der Waals surface area contributed by atoms with Crippen LogP contribution in [0, 0.1) is 16.0 Å². The van der Waals surface area contributed by atoms with E-state index < -0.39 is 4.92 Å². The van der Waals surface area contributed by atoms with Gasteiger partial charge in [-0.25, -0.2) is 0 Å². The van der Waals surface area contributed by atoms with Crippen LogP contribution in [0.25, 0.3) is 11.4 Å². The van der Waals surface area contributed by atoms with Crippen LogP contribution in [0.1, 0.15) is 36.7 Å². The Labute approximate surface area is 155 Å². The van der Waals surface area contributed by atoms with Crippen LogP contribution < -0.4 is 0 Å². The third-order valence-corrected chi connectivity index (χ3v) is 4.77. The van der Waals surface area contributed by atoms with Crippen molar-refractivity contribution in [1.82, 2.24) is 15.0 Å². The Bertz CT molecular complexity index is 964. The quantitative estimate of drug-likeness (QED) is 0.459. The average molecular weight is 368 g/mol. The molecule has 140 valence electrons. The molecule has 27 heavy (non-hydrogen) atoms. The molecule has 8 nitrogen and oxygen atoms in total. The van der Waals surface area contributed by atoms with E-state index in [0.29, 0.717) is 42.2 Å². The van der Waals surface area contributed by atoms with Crippen molar-refractivity contribution < 1.29 is 13.9 Å². The van der Waals surface area contributed by atoms with Crippen LogP contribution in [0.4, 0.5) is 5.69 Å². The summed E-state index contributed by atoms with van der Waals surface area (Å²) in [4.78, 5) is 16.8. The predicted octanol–water partition coefficient (Wildman–Crippen LogP) is 3.99. The minimum Gasteiger partial charge on any atom is -0.464 e. The number of benzene rings is 1. The molecular weight excluding hydrogens is 348 g/mol. The fourth-order valence-corrected chi connectivity index (χ4v) is 3.15. The molecule has 2 aromatic heterocycles. The molecule has 0 N–H and O–H groups in total. The van der Waals surface area contributed by atoms with Crippen molar-refractivity contribution in [2.75, 3.05) is 7.05 Å². The molecule has 0 radical (unpaired) electrons. The Morgan fingerprint density at radius 3 is 2.85 bits per heavy atom. The minimum atomic E-state index is -0.446. The molecule has 1 aliphatic carbocycles. The number of nitro groups is 1. The third-order valence-electron chi connectivity index (χ3n) is 4.77. The van der Waals surface area contributed by atoms with Gasteiger partial charge in [-0.2, -0.15) is 4.98 Å². The summed E-state index contributed by atoms with van der Waals surface area (Å²) in [7, 11) is 1.94. The lowest BCUT2D eigenvalue weighted by atomic mass is 10.2. The monoisotopic (exact) mass is 368 g/mol. The number of aromatic nitrogens is 2. The zero-order chi connectivity index (χ0) is 19.0. The van der Waals surface area contributed by atoms with E-state index in [0.717, 1.165) is 11.5 Å². The fourth-order valence-electron chi connectivity index (χ4n) is 3.15. The highest BCUT2D eigenvalue weighted by molar-refractivity contribution is 5.58. The molecule has 0 aliphatic heterocycles. The van der Waals surface area contributed by atoms with Gasteiger partial charge in [-0.1, -0.05) is 24.2 Å². The van der Waals surface area contributed by atoms with Crippen LogP contribution in [0.2, 0.25) is 0 Å². The zero-order valence-corrected chi connectivity index (χ0v) is 15.2.